The molecule has 1 aromatic carbocycles. The minimum Gasteiger partial charge on any atom is -0.482 e. The Morgan fingerprint density at radius 2 is 2.00 bits per heavy atom. The first-order chi connectivity index (χ1) is 12.9. The number of hydrogen-bond donors (Lipinski definition) is 3. The van der Waals surface area contributed by atoms with Crippen molar-refractivity contribution in [1.82, 2.24) is 5.32 Å². The van der Waals surface area contributed by atoms with Gasteiger partial charge < -0.3 is 20.5 Å². The molecule has 0 spiro atoms. The minimum absolute atomic E-state index is 0.0727. The van der Waals surface area contributed by atoms with Crippen molar-refractivity contribution in [3.8, 4) is 0 Å². The third kappa shape index (κ3) is 5.56. The Labute approximate surface area is 158 Å². The highest BCUT2D eigenvalue weighted by Gasteiger charge is 2.33. The van der Waals surface area contributed by atoms with Gasteiger partial charge in [-0.2, -0.15) is 13.2 Å². The number of amides is 2. The van der Waals surface area contributed by atoms with Gasteiger partial charge in [-0.3, -0.25) is 14.4 Å². The Bertz CT molecular complexity index is 818. The highest BCUT2D eigenvalue weighted by Crippen LogP contribution is 2.30. The zero-order chi connectivity index (χ0) is 21.1. The predicted octanol–water partition coefficient (Wildman–Crippen LogP) is 1.77. The third-order valence-corrected chi connectivity index (χ3v) is 3.76. The number of ether oxygens (including phenoxy) is 1. The number of halogens is 3. The zero-order valence-corrected chi connectivity index (χ0v) is 15.1. The van der Waals surface area contributed by atoms with Crippen LogP contribution in [-0.4, -0.2) is 41.0 Å². The molecule has 152 valence electrons. The topological polar surface area (TPSA) is 105 Å². The van der Waals surface area contributed by atoms with E-state index in [-0.39, 0.29) is 23.7 Å². The van der Waals surface area contributed by atoms with E-state index in [0.29, 0.717) is 0 Å². The summed E-state index contributed by atoms with van der Waals surface area (Å²) in [6.45, 7) is 2.39. The normalized spacial score (nSPS) is 17.2. The van der Waals surface area contributed by atoms with E-state index >= 15 is 0 Å². The monoisotopic (exact) mass is 400 g/mol. The van der Waals surface area contributed by atoms with Gasteiger partial charge >= 0.3 is 6.18 Å². The van der Waals surface area contributed by atoms with Crippen LogP contribution in [0.25, 0.3) is 0 Å². The van der Waals surface area contributed by atoms with Gasteiger partial charge in [0.25, 0.3) is 5.91 Å². The first-order valence-electron chi connectivity index (χ1n) is 8.25. The summed E-state index contributed by atoms with van der Waals surface area (Å²) in [4.78, 5) is 36.1. The molecule has 0 unspecified atom stereocenters. The van der Waals surface area contributed by atoms with Crippen LogP contribution in [0.15, 0.2) is 36.1 Å². The number of nitrogens with one attached hydrogen (secondary N) is 2. The molecular formula is C18H19F3N2O5. The van der Waals surface area contributed by atoms with Crippen molar-refractivity contribution < 1.29 is 37.4 Å². The number of carbonyl (C=O) groups is 3. The molecule has 1 atom stereocenters. The number of rotatable bonds is 5. The Balaban J connectivity index is 2.08. The number of ketones is 1. The maximum atomic E-state index is 12.7. The maximum Gasteiger partial charge on any atom is 0.416 e. The van der Waals surface area contributed by atoms with Gasteiger partial charge in [-0.25, -0.2) is 0 Å². The molecule has 28 heavy (non-hydrogen) atoms. The average molecular weight is 400 g/mol. The number of anilines is 1. The summed E-state index contributed by atoms with van der Waals surface area (Å²) in [5.74, 6) is -2.49. The van der Waals surface area contributed by atoms with Crippen LogP contribution in [-0.2, 0) is 25.3 Å². The smallest absolute Gasteiger partial charge is 0.416 e. The third-order valence-electron chi connectivity index (χ3n) is 3.76. The summed E-state index contributed by atoms with van der Waals surface area (Å²) >= 11 is 0. The van der Waals surface area contributed by atoms with Crippen molar-refractivity contribution in [1.29, 1.82) is 0 Å². The molecule has 2 amide bonds. The first kappa shape index (κ1) is 21.4. The fourth-order valence-corrected chi connectivity index (χ4v) is 2.52. The van der Waals surface area contributed by atoms with E-state index in [0.717, 1.165) is 24.3 Å². The van der Waals surface area contributed by atoms with Gasteiger partial charge in [0, 0.05) is 18.2 Å². The molecule has 0 aliphatic carbocycles. The van der Waals surface area contributed by atoms with E-state index in [1.807, 2.05) is 0 Å². The SMILES string of the molecule is CC1(C)CC(=O)C=C(C(=O)N[C@@H](CO)C(=O)Nc2cccc(C(F)(F)F)c2)O1. The molecule has 1 aliphatic rings. The molecular weight excluding hydrogens is 381 g/mol. The van der Waals surface area contributed by atoms with Crippen molar-refractivity contribution in [2.45, 2.75) is 38.1 Å². The highest BCUT2D eigenvalue weighted by atomic mass is 19.4. The Morgan fingerprint density at radius 1 is 1.32 bits per heavy atom. The predicted molar refractivity (Wildman–Crippen MR) is 92.0 cm³/mol. The molecule has 0 radical (unpaired) electrons. The van der Waals surface area contributed by atoms with Gasteiger partial charge in [-0.15, -0.1) is 0 Å². The van der Waals surface area contributed by atoms with E-state index in [4.69, 9.17) is 4.74 Å². The van der Waals surface area contributed by atoms with Gasteiger partial charge in [0.1, 0.15) is 11.6 Å². The van der Waals surface area contributed by atoms with Crippen molar-refractivity contribution in [3.05, 3.63) is 41.7 Å². The second-order valence-corrected chi connectivity index (χ2v) is 6.79. The van der Waals surface area contributed by atoms with Crippen molar-refractivity contribution in [3.63, 3.8) is 0 Å². The van der Waals surface area contributed by atoms with Gasteiger partial charge in [-0.05, 0) is 32.0 Å². The molecule has 7 nitrogen and oxygen atoms in total. The van der Waals surface area contributed by atoms with Crippen LogP contribution in [0.2, 0.25) is 0 Å². The van der Waals surface area contributed by atoms with E-state index in [1.54, 1.807) is 13.8 Å². The molecule has 10 heteroatoms. The molecule has 3 N–H and O–H groups in total. The molecule has 0 saturated carbocycles. The number of alkyl halides is 3. The number of carbonyl (C=O) groups excluding carboxylic acids is 3. The summed E-state index contributed by atoms with van der Waals surface area (Å²) in [5, 5.41) is 13.8. The fourth-order valence-electron chi connectivity index (χ4n) is 2.52. The number of aliphatic hydroxyl groups is 1. The molecule has 2 rings (SSSR count). The lowest BCUT2D eigenvalue weighted by atomic mass is 9.98. The van der Waals surface area contributed by atoms with E-state index in [2.05, 4.69) is 10.6 Å². The number of hydrogen-bond acceptors (Lipinski definition) is 5. The molecule has 1 aromatic rings. The molecule has 1 heterocycles. The number of allylic oxidation sites excluding steroid dienone is 1. The van der Waals surface area contributed by atoms with Crippen LogP contribution in [0.1, 0.15) is 25.8 Å². The molecule has 0 aromatic heterocycles. The lowest BCUT2D eigenvalue weighted by molar-refractivity contribution is -0.137. The van der Waals surface area contributed by atoms with Crippen LogP contribution in [0.3, 0.4) is 0 Å². The highest BCUT2D eigenvalue weighted by molar-refractivity contribution is 6.04. The van der Waals surface area contributed by atoms with E-state index < -0.39 is 41.8 Å². The van der Waals surface area contributed by atoms with Crippen LogP contribution < -0.4 is 10.6 Å². The van der Waals surface area contributed by atoms with E-state index in [1.165, 1.54) is 6.07 Å². The van der Waals surface area contributed by atoms with Crippen LogP contribution in [0.5, 0.6) is 0 Å². The summed E-state index contributed by atoms with van der Waals surface area (Å²) < 4.78 is 43.6. The minimum atomic E-state index is -4.59. The van der Waals surface area contributed by atoms with Crippen LogP contribution in [0.4, 0.5) is 18.9 Å². The maximum absolute atomic E-state index is 12.7. The number of benzene rings is 1. The van der Waals surface area contributed by atoms with Crippen molar-refractivity contribution in [2.24, 2.45) is 0 Å². The summed E-state index contributed by atoms with van der Waals surface area (Å²) in [6.07, 6.45) is -3.53. The largest absolute Gasteiger partial charge is 0.482 e. The molecule has 0 fully saturated rings. The van der Waals surface area contributed by atoms with Crippen molar-refractivity contribution in [2.75, 3.05) is 11.9 Å². The Kier molecular flexibility index (Phi) is 6.13. The van der Waals surface area contributed by atoms with Gasteiger partial charge in [0.05, 0.1) is 12.2 Å². The Morgan fingerprint density at radius 3 is 2.57 bits per heavy atom. The fraction of sp³-hybridized carbons (Fsp3) is 0.389. The lowest BCUT2D eigenvalue weighted by Crippen LogP contribution is -2.48. The quantitative estimate of drug-likeness (QED) is 0.699. The van der Waals surface area contributed by atoms with Gasteiger partial charge in [0.2, 0.25) is 5.91 Å². The van der Waals surface area contributed by atoms with Gasteiger partial charge in [0.15, 0.2) is 11.5 Å². The van der Waals surface area contributed by atoms with Gasteiger partial charge in [-0.1, -0.05) is 6.07 Å². The summed E-state index contributed by atoms with van der Waals surface area (Å²) in [7, 11) is 0. The van der Waals surface area contributed by atoms with Crippen LogP contribution >= 0.6 is 0 Å². The van der Waals surface area contributed by atoms with E-state index in [9.17, 15) is 32.7 Å². The molecule has 0 bridgehead atoms. The number of aliphatic hydroxyl groups excluding tert-OH is 1. The second-order valence-electron chi connectivity index (χ2n) is 6.79. The van der Waals surface area contributed by atoms with Crippen LogP contribution in [0, 0.1) is 0 Å². The Hall–Kier alpha value is -2.88. The second kappa shape index (κ2) is 8.01. The standard InChI is InChI=1S/C18H19F3N2O5/c1-17(2)8-12(25)7-14(28-17)16(27)23-13(9-24)15(26)22-11-5-3-4-10(6-11)18(19,20)21/h3-7,13,24H,8-9H2,1-2H3,(H,22,26)(H,23,27)/t13-/m0/s1. The summed E-state index contributed by atoms with van der Waals surface area (Å²) in [6, 6.07) is 2.44. The zero-order valence-electron chi connectivity index (χ0n) is 15.1. The first-order valence-corrected chi connectivity index (χ1v) is 8.25. The molecule has 1 aliphatic heterocycles. The summed E-state index contributed by atoms with van der Waals surface area (Å²) in [5.41, 5.74) is -2.03. The average Bonchev–Trinajstić information content (AvgIpc) is 2.57. The molecule has 0 saturated heterocycles. The lowest BCUT2D eigenvalue weighted by Gasteiger charge is -2.30. The van der Waals surface area contributed by atoms with Crippen molar-refractivity contribution >= 4 is 23.3 Å².